The van der Waals surface area contributed by atoms with Gasteiger partial charge in [-0.05, 0) is 12.1 Å². The van der Waals surface area contributed by atoms with Crippen LogP contribution in [0.1, 0.15) is 0 Å². The average molecular weight is 290 g/mol. The van der Waals surface area contributed by atoms with E-state index in [2.05, 4.69) is 0 Å². The number of hydrogen-bond acceptors (Lipinski definition) is 6. The van der Waals surface area contributed by atoms with Gasteiger partial charge in [0.1, 0.15) is 0 Å². The molecule has 0 atom stereocenters. The molecule has 106 valence electrons. The Balaban J connectivity index is 3.07. The van der Waals surface area contributed by atoms with E-state index in [1.54, 1.807) is 0 Å². The maximum absolute atomic E-state index is 12.1. The molecule has 2 N–H and O–H groups in total. The van der Waals surface area contributed by atoms with Crippen molar-refractivity contribution in [3.63, 3.8) is 0 Å². The molecule has 0 aliphatic rings. The predicted molar refractivity (Wildman–Crippen MR) is 66.0 cm³/mol. The van der Waals surface area contributed by atoms with E-state index in [1.807, 2.05) is 0 Å². The second kappa shape index (κ2) is 6.57. The standard InChI is InChI=1S/C10H14N2O6S/c13-7-5-11(6-8-14)19(17,18)10-3-1-9(2-4-10)12(15)16/h1-4,13-14H,5-8H2. The van der Waals surface area contributed by atoms with Gasteiger partial charge < -0.3 is 10.2 Å². The highest BCUT2D eigenvalue weighted by Gasteiger charge is 2.24. The molecule has 1 aromatic rings. The number of aliphatic hydroxyl groups is 2. The van der Waals surface area contributed by atoms with E-state index < -0.39 is 14.9 Å². The highest BCUT2D eigenvalue weighted by Crippen LogP contribution is 2.19. The van der Waals surface area contributed by atoms with Crippen molar-refractivity contribution in [3.05, 3.63) is 34.4 Å². The Labute approximate surface area is 110 Å². The Morgan fingerprint density at radius 3 is 1.95 bits per heavy atom. The lowest BCUT2D eigenvalue weighted by atomic mass is 10.3. The summed E-state index contributed by atoms with van der Waals surface area (Å²) in [6, 6.07) is 4.41. The van der Waals surface area contributed by atoms with Crippen LogP contribution >= 0.6 is 0 Å². The molecule has 0 amide bonds. The minimum atomic E-state index is -3.88. The van der Waals surface area contributed by atoms with E-state index in [4.69, 9.17) is 10.2 Å². The fourth-order valence-electron chi connectivity index (χ4n) is 1.46. The lowest BCUT2D eigenvalue weighted by Gasteiger charge is -2.20. The molecule has 0 unspecified atom stereocenters. The van der Waals surface area contributed by atoms with Crippen LogP contribution in [0, 0.1) is 10.1 Å². The third-order valence-electron chi connectivity index (χ3n) is 2.38. The van der Waals surface area contributed by atoms with Crippen molar-refractivity contribution >= 4 is 15.7 Å². The molecular weight excluding hydrogens is 276 g/mol. The highest BCUT2D eigenvalue weighted by molar-refractivity contribution is 7.89. The molecule has 0 fully saturated rings. The Kier molecular flexibility index (Phi) is 5.36. The molecule has 0 bridgehead atoms. The van der Waals surface area contributed by atoms with Crippen molar-refractivity contribution < 1.29 is 23.6 Å². The van der Waals surface area contributed by atoms with Crippen LogP contribution in [-0.4, -0.2) is 54.2 Å². The van der Waals surface area contributed by atoms with Crippen LogP contribution in [-0.2, 0) is 10.0 Å². The topological polar surface area (TPSA) is 121 Å². The van der Waals surface area contributed by atoms with Crippen LogP contribution in [0.25, 0.3) is 0 Å². The Hall–Kier alpha value is -1.55. The Bertz CT molecular complexity index is 521. The average Bonchev–Trinajstić information content (AvgIpc) is 2.38. The van der Waals surface area contributed by atoms with Crippen molar-refractivity contribution in [2.45, 2.75) is 4.90 Å². The van der Waals surface area contributed by atoms with Gasteiger partial charge in [0.2, 0.25) is 10.0 Å². The second-order valence-corrected chi connectivity index (χ2v) is 5.54. The van der Waals surface area contributed by atoms with Crippen LogP contribution in [0.2, 0.25) is 0 Å². The van der Waals surface area contributed by atoms with Crippen molar-refractivity contribution in [1.82, 2.24) is 4.31 Å². The van der Waals surface area contributed by atoms with E-state index in [0.29, 0.717) is 0 Å². The largest absolute Gasteiger partial charge is 0.395 e. The van der Waals surface area contributed by atoms with Crippen molar-refractivity contribution in [2.75, 3.05) is 26.3 Å². The molecule has 8 nitrogen and oxygen atoms in total. The minimum Gasteiger partial charge on any atom is -0.395 e. The SMILES string of the molecule is O=[N+]([O-])c1ccc(S(=O)(=O)N(CCO)CCO)cc1. The third kappa shape index (κ3) is 3.70. The molecule has 9 heteroatoms. The van der Waals surface area contributed by atoms with Crippen LogP contribution < -0.4 is 0 Å². The number of hydrogen-bond donors (Lipinski definition) is 2. The molecule has 0 aliphatic heterocycles. The number of nitro benzene ring substituents is 1. The summed E-state index contributed by atoms with van der Waals surface area (Å²) in [6.07, 6.45) is 0. The Morgan fingerprint density at radius 1 is 1.11 bits per heavy atom. The first kappa shape index (κ1) is 15.5. The number of rotatable bonds is 7. The minimum absolute atomic E-state index is 0.125. The summed E-state index contributed by atoms with van der Waals surface area (Å²) in [5.41, 5.74) is -0.213. The first-order valence-corrected chi connectivity index (χ1v) is 6.84. The molecule has 19 heavy (non-hydrogen) atoms. The monoisotopic (exact) mass is 290 g/mol. The maximum atomic E-state index is 12.1. The summed E-state index contributed by atoms with van der Waals surface area (Å²) in [5, 5.41) is 28.1. The summed E-state index contributed by atoms with van der Waals surface area (Å²) in [4.78, 5) is 9.73. The molecule has 0 radical (unpaired) electrons. The maximum Gasteiger partial charge on any atom is 0.269 e. The molecule has 0 aromatic heterocycles. The fraction of sp³-hybridized carbons (Fsp3) is 0.400. The zero-order valence-corrected chi connectivity index (χ0v) is 10.8. The lowest BCUT2D eigenvalue weighted by molar-refractivity contribution is -0.384. The van der Waals surface area contributed by atoms with Gasteiger partial charge in [0, 0.05) is 25.2 Å². The van der Waals surface area contributed by atoms with Crippen LogP contribution in [0.3, 0.4) is 0 Å². The molecule has 1 aromatic carbocycles. The van der Waals surface area contributed by atoms with Crippen molar-refractivity contribution in [1.29, 1.82) is 0 Å². The Morgan fingerprint density at radius 2 is 1.58 bits per heavy atom. The van der Waals surface area contributed by atoms with Gasteiger partial charge in [0.25, 0.3) is 5.69 Å². The summed E-state index contributed by atoms with van der Waals surface area (Å²) in [5.74, 6) is 0. The van der Waals surface area contributed by atoms with E-state index in [0.717, 1.165) is 28.6 Å². The zero-order valence-electron chi connectivity index (χ0n) is 9.97. The van der Waals surface area contributed by atoms with Gasteiger partial charge in [-0.2, -0.15) is 4.31 Å². The summed E-state index contributed by atoms with van der Waals surface area (Å²) in [7, 11) is -3.88. The quantitative estimate of drug-likeness (QED) is 0.519. The molecule has 0 aliphatic carbocycles. The van der Waals surface area contributed by atoms with Gasteiger partial charge in [0.05, 0.1) is 23.0 Å². The van der Waals surface area contributed by atoms with Gasteiger partial charge in [0.15, 0.2) is 0 Å². The highest BCUT2D eigenvalue weighted by atomic mass is 32.2. The molecule has 0 saturated carbocycles. The van der Waals surface area contributed by atoms with Crippen LogP contribution in [0.4, 0.5) is 5.69 Å². The van der Waals surface area contributed by atoms with E-state index in [9.17, 15) is 18.5 Å². The summed E-state index contributed by atoms with van der Waals surface area (Å²) < 4.78 is 25.2. The molecule has 1 rings (SSSR count). The van der Waals surface area contributed by atoms with E-state index in [-0.39, 0.29) is 36.9 Å². The summed E-state index contributed by atoms with van der Waals surface area (Å²) >= 11 is 0. The van der Waals surface area contributed by atoms with Gasteiger partial charge in [-0.15, -0.1) is 0 Å². The molecular formula is C10H14N2O6S. The van der Waals surface area contributed by atoms with Crippen LogP contribution in [0.5, 0.6) is 0 Å². The van der Waals surface area contributed by atoms with Gasteiger partial charge in [-0.1, -0.05) is 0 Å². The number of sulfonamides is 1. The van der Waals surface area contributed by atoms with Gasteiger partial charge in [-0.3, -0.25) is 10.1 Å². The number of nitrogens with zero attached hydrogens (tertiary/aromatic N) is 2. The van der Waals surface area contributed by atoms with E-state index in [1.165, 1.54) is 0 Å². The molecule has 0 spiro atoms. The predicted octanol–water partition coefficient (Wildman–Crippen LogP) is -0.430. The number of benzene rings is 1. The third-order valence-corrected chi connectivity index (χ3v) is 4.30. The first-order valence-electron chi connectivity index (χ1n) is 5.40. The first-order chi connectivity index (χ1) is 8.93. The van der Waals surface area contributed by atoms with Crippen LogP contribution in [0.15, 0.2) is 29.2 Å². The number of non-ortho nitro benzene ring substituents is 1. The van der Waals surface area contributed by atoms with Gasteiger partial charge >= 0.3 is 0 Å². The van der Waals surface area contributed by atoms with Crippen molar-refractivity contribution in [3.8, 4) is 0 Å². The number of aliphatic hydroxyl groups excluding tert-OH is 2. The second-order valence-electron chi connectivity index (χ2n) is 3.60. The molecule has 0 heterocycles. The fourth-order valence-corrected chi connectivity index (χ4v) is 2.89. The van der Waals surface area contributed by atoms with E-state index >= 15 is 0 Å². The van der Waals surface area contributed by atoms with Crippen molar-refractivity contribution in [2.24, 2.45) is 0 Å². The number of nitro groups is 1. The lowest BCUT2D eigenvalue weighted by Crippen LogP contribution is -2.35. The smallest absolute Gasteiger partial charge is 0.269 e. The van der Waals surface area contributed by atoms with Gasteiger partial charge in [-0.25, -0.2) is 8.42 Å². The normalized spacial score (nSPS) is 11.7. The summed E-state index contributed by atoms with van der Waals surface area (Å²) in [6.45, 7) is -1.07. The molecule has 0 saturated heterocycles. The zero-order chi connectivity index (χ0) is 14.5.